The second kappa shape index (κ2) is 7.32. The van der Waals surface area contributed by atoms with E-state index in [1.165, 1.54) is 11.3 Å². The summed E-state index contributed by atoms with van der Waals surface area (Å²) in [7, 11) is 0. The van der Waals surface area contributed by atoms with Gasteiger partial charge in [0.05, 0.1) is 0 Å². The summed E-state index contributed by atoms with van der Waals surface area (Å²) in [5.41, 5.74) is 2.73. The van der Waals surface area contributed by atoms with Crippen LogP contribution in [0, 0.1) is 0 Å². The van der Waals surface area contributed by atoms with Crippen LogP contribution in [-0.4, -0.2) is 37.0 Å². The number of carbonyl (C=O) groups is 1. The fourth-order valence-corrected chi connectivity index (χ4v) is 2.93. The molecule has 0 radical (unpaired) electrons. The summed E-state index contributed by atoms with van der Waals surface area (Å²) in [6.45, 7) is 7.94. The van der Waals surface area contributed by atoms with Crippen molar-refractivity contribution in [3.63, 3.8) is 0 Å². The molecule has 1 aliphatic rings. The second-order valence-electron chi connectivity index (χ2n) is 5.50. The Kier molecular flexibility index (Phi) is 5.45. The highest BCUT2D eigenvalue weighted by molar-refractivity contribution is 5.77. The maximum Gasteiger partial charge on any atom is 0.224 e. The van der Waals surface area contributed by atoms with Gasteiger partial charge in [-0.25, -0.2) is 0 Å². The Morgan fingerprint density at radius 1 is 1.20 bits per heavy atom. The van der Waals surface area contributed by atoms with Gasteiger partial charge in [-0.05, 0) is 30.9 Å². The zero-order valence-electron chi connectivity index (χ0n) is 12.8. The molecular formula is C17H26N2O. The first-order valence-corrected chi connectivity index (χ1v) is 7.86. The van der Waals surface area contributed by atoms with Crippen molar-refractivity contribution in [2.45, 2.75) is 39.5 Å². The van der Waals surface area contributed by atoms with E-state index in [-0.39, 0.29) is 0 Å². The van der Waals surface area contributed by atoms with Crippen LogP contribution < -0.4 is 4.90 Å². The van der Waals surface area contributed by atoms with E-state index in [2.05, 4.69) is 43.0 Å². The number of carbonyl (C=O) groups excluding carboxylic acids is 1. The monoisotopic (exact) mass is 274 g/mol. The maximum atomic E-state index is 12.3. The molecule has 1 aliphatic heterocycles. The van der Waals surface area contributed by atoms with Gasteiger partial charge in [-0.1, -0.05) is 32.0 Å². The van der Waals surface area contributed by atoms with Gasteiger partial charge < -0.3 is 9.80 Å². The zero-order chi connectivity index (χ0) is 14.4. The van der Waals surface area contributed by atoms with E-state index in [1.54, 1.807) is 0 Å². The van der Waals surface area contributed by atoms with Gasteiger partial charge in [0.15, 0.2) is 0 Å². The molecule has 0 aliphatic carbocycles. The lowest BCUT2D eigenvalue weighted by Gasteiger charge is -2.24. The summed E-state index contributed by atoms with van der Waals surface area (Å²) in [6.07, 6.45) is 3.82. The molecule has 3 nitrogen and oxygen atoms in total. The Labute approximate surface area is 122 Å². The van der Waals surface area contributed by atoms with Gasteiger partial charge in [0.2, 0.25) is 5.91 Å². The molecule has 0 saturated heterocycles. The van der Waals surface area contributed by atoms with Crippen molar-refractivity contribution >= 4 is 11.6 Å². The van der Waals surface area contributed by atoms with Crippen molar-refractivity contribution in [2.75, 3.05) is 31.1 Å². The van der Waals surface area contributed by atoms with Crippen LogP contribution in [0.4, 0.5) is 5.69 Å². The number of fused-ring (bicyclic) bond motifs is 1. The van der Waals surface area contributed by atoms with Gasteiger partial charge in [-0.15, -0.1) is 0 Å². The van der Waals surface area contributed by atoms with Gasteiger partial charge in [0.25, 0.3) is 0 Å². The first kappa shape index (κ1) is 14.9. The molecule has 3 heteroatoms. The molecule has 1 amide bonds. The van der Waals surface area contributed by atoms with Crippen LogP contribution in [0.3, 0.4) is 0 Å². The molecule has 0 N–H and O–H groups in total. The number of hydrogen-bond acceptors (Lipinski definition) is 2. The minimum Gasteiger partial charge on any atom is -0.370 e. The molecule has 0 fully saturated rings. The summed E-state index contributed by atoms with van der Waals surface area (Å²) < 4.78 is 0. The smallest absolute Gasteiger partial charge is 0.224 e. The van der Waals surface area contributed by atoms with Crippen LogP contribution in [-0.2, 0) is 11.2 Å². The lowest BCUT2D eigenvalue weighted by atomic mass is 10.2. The van der Waals surface area contributed by atoms with Crippen molar-refractivity contribution in [2.24, 2.45) is 0 Å². The second-order valence-corrected chi connectivity index (χ2v) is 5.50. The first-order valence-electron chi connectivity index (χ1n) is 7.86. The highest BCUT2D eigenvalue weighted by Crippen LogP contribution is 2.27. The SMILES string of the molecule is CCCN(CCC)C(=O)CCN1CCc2ccccc21. The quantitative estimate of drug-likeness (QED) is 0.763. The Bertz CT molecular complexity index is 438. The molecule has 0 bridgehead atoms. The zero-order valence-corrected chi connectivity index (χ0v) is 12.8. The molecule has 110 valence electrons. The predicted molar refractivity (Wildman–Crippen MR) is 84.1 cm³/mol. The molecule has 1 aromatic rings. The number of para-hydroxylation sites is 1. The normalized spacial score (nSPS) is 13.4. The highest BCUT2D eigenvalue weighted by atomic mass is 16.2. The Morgan fingerprint density at radius 2 is 1.90 bits per heavy atom. The van der Waals surface area contributed by atoms with Crippen LogP contribution in [0.5, 0.6) is 0 Å². The van der Waals surface area contributed by atoms with Gasteiger partial charge in [0.1, 0.15) is 0 Å². The Hall–Kier alpha value is -1.51. The number of rotatable bonds is 7. The fourth-order valence-electron chi connectivity index (χ4n) is 2.93. The molecule has 0 spiro atoms. The van der Waals surface area contributed by atoms with Crippen LogP contribution in [0.1, 0.15) is 38.7 Å². The summed E-state index contributed by atoms with van der Waals surface area (Å²) in [5, 5.41) is 0. The van der Waals surface area contributed by atoms with Crippen molar-refractivity contribution < 1.29 is 4.79 Å². The van der Waals surface area contributed by atoms with E-state index in [9.17, 15) is 4.79 Å². The third-order valence-electron chi connectivity index (χ3n) is 3.92. The topological polar surface area (TPSA) is 23.6 Å². The maximum absolute atomic E-state index is 12.3. The van der Waals surface area contributed by atoms with Gasteiger partial charge >= 0.3 is 0 Å². The number of amides is 1. The molecule has 1 aromatic carbocycles. The molecular weight excluding hydrogens is 248 g/mol. The summed E-state index contributed by atoms with van der Waals surface area (Å²) >= 11 is 0. The highest BCUT2D eigenvalue weighted by Gasteiger charge is 2.20. The number of anilines is 1. The van der Waals surface area contributed by atoms with Crippen LogP contribution in [0.25, 0.3) is 0 Å². The van der Waals surface area contributed by atoms with Crippen molar-refractivity contribution in [1.82, 2.24) is 4.90 Å². The van der Waals surface area contributed by atoms with Crippen molar-refractivity contribution in [3.8, 4) is 0 Å². The van der Waals surface area contributed by atoms with Crippen LogP contribution in [0.15, 0.2) is 24.3 Å². The molecule has 0 aromatic heterocycles. The van der Waals surface area contributed by atoms with E-state index in [4.69, 9.17) is 0 Å². The Balaban J connectivity index is 1.87. The summed E-state index contributed by atoms with van der Waals surface area (Å²) in [5.74, 6) is 0.304. The minimum atomic E-state index is 0.304. The van der Waals surface area contributed by atoms with Gasteiger partial charge in [0, 0.05) is 38.3 Å². The fraction of sp³-hybridized carbons (Fsp3) is 0.588. The summed E-state index contributed by atoms with van der Waals surface area (Å²) in [4.78, 5) is 16.7. The lowest BCUT2D eigenvalue weighted by Crippen LogP contribution is -2.35. The number of nitrogens with zero attached hydrogens (tertiary/aromatic N) is 2. The van der Waals surface area contributed by atoms with E-state index < -0.39 is 0 Å². The molecule has 0 atom stereocenters. The van der Waals surface area contributed by atoms with Gasteiger partial charge in [-0.3, -0.25) is 4.79 Å². The molecule has 1 heterocycles. The molecule has 2 rings (SSSR count). The Morgan fingerprint density at radius 3 is 2.60 bits per heavy atom. The van der Waals surface area contributed by atoms with Crippen LogP contribution >= 0.6 is 0 Å². The van der Waals surface area contributed by atoms with E-state index >= 15 is 0 Å². The molecule has 0 saturated carbocycles. The minimum absolute atomic E-state index is 0.304. The van der Waals surface area contributed by atoms with E-state index in [1.807, 2.05) is 4.90 Å². The van der Waals surface area contributed by atoms with E-state index in [0.29, 0.717) is 12.3 Å². The molecule has 0 unspecified atom stereocenters. The summed E-state index contributed by atoms with van der Waals surface area (Å²) in [6, 6.07) is 8.54. The molecule has 20 heavy (non-hydrogen) atoms. The average molecular weight is 274 g/mol. The van der Waals surface area contributed by atoms with E-state index in [0.717, 1.165) is 45.4 Å². The standard InChI is InChI=1S/C17H26N2O/c1-3-11-19(12-4-2)17(20)10-14-18-13-9-15-7-5-6-8-16(15)18/h5-8H,3-4,9-14H2,1-2H3. The lowest BCUT2D eigenvalue weighted by molar-refractivity contribution is -0.131. The van der Waals surface area contributed by atoms with Crippen LogP contribution in [0.2, 0.25) is 0 Å². The largest absolute Gasteiger partial charge is 0.370 e. The van der Waals surface area contributed by atoms with Gasteiger partial charge in [-0.2, -0.15) is 0 Å². The van der Waals surface area contributed by atoms with Crippen molar-refractivity contribution in [1.29, 1.82) is 0 Å². The van der Waals surface area contributed by atoms with Crippen molar-refractivity contribution in [3.05, 3.63) is 29.8 Å². The predicted octanol–water partition coefficient (Wildman–Crippen LogP) is 3.09. The first-order chi connectivity index (χ1) is 9.76. The third kappa shape index (κ3) is 3.53. The number of hydrogen-bond donors (Lipinski definition) is 0. The average Bonchev–Trinajstić information content (AvgIpc) is 2.88. The third-order valence-corrected chi connectivity index (χ3v) is 3.92. The number of benzene rings is 1.